The van der Waals surface area contributed by atoms with Crippen molar-refractivity contribution < 1.29 is 0 Å². The number of hydrogen-bond acceptors (Lipinski definition) is 1. The molecule has 0 saturated carbocycles. The summed E-state index contributed by atoms with van der Waals surface area (Å²) in [5.74, 6) is 0. The molecule has 0 unspecified atom stereocenters. The Labute approximate surface area is 148 Å². The van der Waals surface area contributed by atoms with Gasteiger partial charge in [0, 0.05) is 20.2 Å². The van der Waals surface area contributed by atoms with E-state index in [1.165, 1.54) is 52.5 Å². The fraction of sp³-hybridized carbons (Fsp3) is 0. The number of rotatable bonds is 0. The average Bonchev–Trinajstić information content (AvgIpc) is 3.04. The van der Waals surface area contributed by atoms with E-state index in [-0.39, 0.29) is 0 Å². The number of thiophene rings is 1. The first-order valence-corrected chi connectivity index (χ1v) is 9.36. The lowest BCUT2D eigenvalue weighted by atomic mass is 9.99. The predicted molar refractivity (Wildman–Crippen MR) is 112 cm³/mol. The van der Waals surface area contributed by atoms with Crippen LogP contribution in [-0.2, 0) is 0 Å². The molecule has 116 valence electrons. The summed E-state index contributed by atoms with van der Waals surface area (Å²) in [7, 11) is 0. The first-order valence-electron chi connectivity index (χ1n) is 8.54. The van der Waals surface area contributed by atoms with Crippen molar-refractivity contribution >= 4 is 63.8 Å². The van der Waals surface area contributed by atoms with E-state index in [9.17, 15) is 0 Å². The molecule has 0 aliphatic heterocycles. The van der Waals surface area contributed by atoms with Gasteiger partial charge in [-0.2, -0.15) is 0 Å². The smallest absolute Gasteiger partial charge is 0.0433 e. The van der Waals surface area contributed by atoms with Crippen LogP contribution in [0.1, 0.15) is 0 Å². The lowest BCUT2D eigenvalue weighted by molar-refractivity contribution is 1.80. The lowest BCUT2D eigenvalue weighted by Gasteiger charge is -2.04. The normalized spacial score (nSPS) is 12.0. The van der Waals surface area contributed by atoms with Gasteiger partial charge in [-0.3, -0.25) is 0 Å². The SMILES string of the molecule is c1ccc2c(c1)ccc1cc3c(cc12)sc1c2ccccc2ccc31. The number of benzene rings is 5. The van der Waals surface area contributed by atoms with Crippen LogP contribution in [-0.4, -0.2) is 0 Å². The zero-order chi connectivity index (χ0) is 16.4. The van der Waals surface area contributed by atoms with Gasteiger partial charge in [-0.1, -0.05) is 72.8 Å². The molecule has 1 aromatic heterocycles. The summed E-state index contributed by atoms with van der Waals surface area (Å²) in [6.07, 6.45) is 0. The molecule has 0 aliphatic rings. The molecule has 0 N–H and O–H groups in total. The molecule has 5 aromatic carbocycles. The molecule has 0 nitrogen and oxygen atoms in total. The molecule has 0 aliphatic carbocycles. The molecular formula is C24H14S. The van der Waals surface area contributed by atoms with E-state index in [0.717, 1.165) is 0 Å². The molecule has 0 radical (unpaired) electrons. The lowest BCUT2D eigenvalue weighted by Crippen LogP contribution is -1.77. The van der Waals surface area contributed by atoms with E-state index in [0.29, 0.717) is 0 Å². The average molecular weight is 334 g/mol. The third-order valence-corrected chi connectivity index (χ3v) is 6.43. The Hall–Kier alpha value is -2.90. The molecule has 0 atom stereocenters. The molecule has 1 heteroatoms. The van der Waals surface area contributed by atoms with Crippen molar-refractivity contribution in [3.63, 3.8) is 0 Å². The number of hydrogen-bond donors (Lipinski definition) is 0. The van der Waals surface area contributed by atoms with Gasteiger partial charge in [-0.05, 0) is 44.5 Å². The maximum absolute atomic E-state index is 2.38. The zero-order valence-electron chi connectivity index (χ0n) is 13.5. The Balaban J connectivity index is 1.84. The summed E-state index contributed by atoms with van der Waals surface area (Å²) in [5.41, 5.74) is 0. The minimum Gasteiger partial charge on any atom is -0.135 e. The molecule has 0 spiro atoms. The van der Waals surface area contributed by atoms with E-state index in [1.54, 1.807) is 0 Å². The van der Waals surface area contributed by atoms with Gasteiger partial charge in [-0.15, -0.1) is 11.3 Å². The standard InChI is InChI=1S/C24H14S/c1-3-7-18-15(5-1)9-10-17-13-22-20-12-11-16-6-2-4-8-19(16)24(20)25-23(22)14-21(17)18/h1-14H. The predicted octanol–water partition coefficient (Wildman–Crippen LogP) is 7.51. The minimum atomic E-state index is 1.31. The molecule has 25 heavy (non-hydrogen) atoms. The van der Waals surface area contributed by atoms with Gasteiger partial charge in [-0.25, -0.2) is 0 Å². The van der Waals surface area contributed by atoms with Crippen LogP contribution in [0.2, 0.25) is 0 Å². The third-order valence-electron chi connectivity index (χ3n) is 5.23. The van der Waals surface area contributed by atoms with Gasteiger partial charge in [0.15, 0.2) is 0 Å². The van der Waals surface area contributed by atoms with E-state index >= 15 is 0 Å². The third kappa shape index (κ3) is 1.82. The summed E-state index contributed by atoms with van der Waals surface area (Å²) in [6.45, 7) is 0. The molecule has 0 fully saturated rings. The fourth-order valence-corrected chi connectivity index (χ4v) is 5.26. The Morgan fingerprint density at radius 3 is 2.00 bits per heavy atom. The topological polar surface area (TPSA) is 0 Å². The highest BCUT2D eigenvalue weighted by Gasteiger charge is 2.10. The first kappa shape index (κ1) is 13.4. The molecule has 0 amide bonds. The van der Waals surface area contributed by atoms with Crippen LogP contribution in [0.3, 0.4) is 0 Å². The molecule has 0 bridgehead atoms. The quantitative estimate of drug-likeness (QED) is 0.252. The van der Waals surface area contributed by atoms with Crippen molar-refractivity contribution in [3.8, 4) is 0 Å². The van der Waals surface area contributed by atoms with Gasteiger partial charge < -0.3 is 0 Å². The van der Waals surface area contributed by atoms with E-state index in [1.807, 2.05) is 11.3 Å². The monoisotopic (exact) mass is 334 g/mol. The maximum Gasteiger partial charge on any atom is 0.0433 e. The minimum absolute atomic E-state index is 1.31. The highest BCUT2D eigenvalue weighted by Crippen LogP contribution is 2.41. The van der Waals surface area contributed by atoms with Crippen LogP contribution in [0.15, 0.2) is 84.9 Å². The second kappa shape index (κ2) is 4.81. The Bertz CT molecular complexity index is 1400. The van der Waals surface area contributed by atoms with Crippen molar-refractivity contribution in [2.75, 3.05) is 0 Å². The second-order valence-corrected chi connectivity index (χ2v) is 7.67. The van der Waals surface area contributed by atoms with Gasteiger partial charge in [0.1, 0.15) is 0 Å². The van der Waals surface area contributed by atoms with Crippen molar-refractivity contribution in [1.82, 2.24) is 0 Å². The van der Waals surface area contributed by atoms with Gasteiger partial charge >= 0.3 is 0 Å². The van der Waals surface area contributed by atoms with Crippen molar-refractivity contribution in [2.45, 2.75) is 0 Å². The van der Waals surface area contributed by atoms with Crippen LogP contribution in [0, 0.1) is 0 Å². The van der Waals surface area contributed by atoms with Gasteiger partial charge in [0.25, 0.3) is 0 Å². The second-order valence-electron chi connectivity index (χ2n) is 6.62. The summed E-state index contributed by atoms with van der Waals surface area (Å²) in [5, 5.41) is 10.7. The summed E-state index contributed by atoms with van der Waals surface area (Å²) >= 11 is 1.91. The van der Waals surface area contributed by atoms with Crippen LogP contribution < -0.4 is 0 Å². The zero-order valence-corrected chi connectivity index (χ0v) is 14.3. The highest BCUT2D eigenvalue weighted by atomic mass is 32.1. The summed E-state index contributed by atoms with van der Waals surface area (Å²) < 4.78 is 2.77. The highest BCUT2D eigenvalue weighted by molar-refractivity contribution is 7.26. The Kier molecular flexibility index (Phi) is 2.58. The van der Waals surface area contributed by atoms with Crippen molar-refractivity contribution in [2.24, 2.45) is 0 Å². The van der Waals surface area contributed by atoms with E-state index in [4.69, 9.17) is 0 Å². The van der Waals surface area contributed by atoms with Crippen molar-refractivity contribution in [1.29, 1.82) is 0 Å². The number of fused-ring (bicyclic) bond motifs is 8. The molecule has 1 heterocycles. The van der Waals surface area contributed by atoms with Crippen LogP contribution in [0.4, 0.5) is 0 Å². The van der Waals surface area contributed by atoms with E-state index < -0.39 is 0 Å². The molecule has 6 rings (SSSR count). The Morgan fingerprint density at radius 2 is 1.12 bits per heavy atom. The summed E-state index contributed by atoms with van der Waals surface area (Å²) in [6, 6.07) is 31.1. The maximum atomic E-state index is 2.38. The largest absolute Gasteiger partial charge is 0.135 e. The van der Waals surface area contributed by atoms with Crippen molar-refractivity contribution in [3.05, 3.63) is 84.9 Å². The first-order chi connectivity index (χ1) is 12.4. The fourth-order valence-electron chi connectivity index (χ4n) is 4.00. The molecule has 6 aromatic rings. The molecular weight excluding hydrogens is 320 g/mol. The van der Waals surface area contributed by atoms with Gasteiger partial charge in [0.2, 0.25) is 0 Å². The van der Waals surface area contributed by atoms with Crippen LogP contribution in [0.5, 0.6) is 0 Å². The van der Waals surface area contributed by atoms with E-state index in [2.05, 4.69) is 84.9 Å². The van der Waals surface area contributed by atoms with Gasteiger partial charge in [0.05, 0.1) is 0 Å². The summed E-state index contributed by atoms with van der Waals surface area (Å²) in [4.78, 5) is 0. The molecule has 0 saturated heterocycles. The Morgan fingerprint density at radius 1 is 0.440 bits per heavy atom. The van der Waals surface area contributed by atoms with Crippen LogP contribution in [0.25, 0.3) is 52.5 Å². The van der Waals surface area contributed by atoms with Crippen LogP contribution >= 0.6 is 11.3 Å².